The second-order valence-electron chi connectivity index (χ2n) is 1.76. The van der Waals surface area contributed by atoms with Gasteiger partial charge in [-0.1, -0.05) is 0 Å². The van der Waals surface area contributed by atoms with Gasteiger partial charge >= 0.3 is 70.6 Å². The normalized spacial score (nSPS) is 21.8. The van der Waals surface area contributed by atoms with Crippen LogP contribution in [-0.2, 0) is 28.0 Å². The van der Waals surface area contributed by atoms with Crippen LogP contribution in [0.4, 0.5) is 19.6 Å². The summed E-state index contributed by atoms with van der Waals surface area (Å²) in [4.78, 5) is 0. The van der Waals surface area contributed by atoms with E-state index in [1.807, 2.05) is 0 Å². The van der Waals surface area contributed by atoms with Gasteiger partial charge in [0.15, 0.2) is 0 Å². The van der Waals surface area contributed by atoms with Crippen LogP contribution >= 0.6 is 0 Å². The van der Waals surface area contributed by atoms with Crippen molar-refractivity contribution in [1.29, 1.82) is 0 Å². The predicted molar refractivity (Wildman–Crippen MR) is 18.0 cm³/mol. The summed E-state index contributed by atoms with van der Waals surface area (Å²) in [7, 11) is 0. The molecule has 0 N–H and O–H groups in total. The summed E-state index contributed by atoms with van der Waals surface area (Å²) in [6, 6.07) is 0. The summed E-state index contributed by atoms with van der Waals surface area (Å²) in [5.74, 6) is 0. The van der Waals surface area contributed by atoms with Gasteiger partial charge in [0, 0.05) is 0 Å². The van der Waals surface area contributed by atoms with Gasteiger partial charge in [-0.05, 0) is 0 Å². The van der Waals surface area contributed by atoms with Gasteiger partial charge in [0.25, 0.3) is 0 Å². The standard InChI is InChI=1S/2FO.4FH.Mg.O.Zr.2H/c2*1-2;;;;;;;;;/h;;4*1H;;;;;/q2*-1;;;;;;;+6;;/p-4. The molecule has 0 atom stereocenters. The molecule has 0 bridgehead atoms. The fourth-order valence-electron chi connectivity index (χ4n) is 0.0119. The first kappa shape index (κ1) is 14.5. The predicted octanol–water partition coefficient (Wildman–Crippen LogP) is 1.35. The molecule has 0 heterocycles. The first-order valence-electron chi connectivity index (χ1n) is 1.68. The molecule has 0 spiro atoms. The molecule has 68 valence electrons. The van der Waals surface area contributed by atoms with Crippen LogP contribution in [0.3, 0.4) is 0 Å². The zero-order valence-corrected chi connectivity index (χ0v) is 6.45. The van der Waals surface area contributed by atoms with Crippen molar-refractivity contribution in [3.05, 3.63) is 0 Å². The molecule has 0 aromatic carbocycles. The van der Waals surface area contributed by atoms with Gasteiger partial charge in [0.1, 0.15) is 0 Å². The van der Waals surface area contributed by atoms with Crippen molar-refractivity contribution in [2.45, 2.75) is 0 Å². The zero-order chi connectivity index (χ0) is 8.79. The molecule has 0 amide bonds. The molecule has 0 aliphatic heterocycles. The molecule has 0 aliphatic rings. The molecular weight excluding hydrogens is 278 g/mol. The van der Waals surface area contributed by atoms with Crippen LogP contribution in [0.15, 0.2) is 0 Å². The van der Waals surface area contributed by atoms with Gasteiger partial charge < -0.3 is 0 Å². The van der Waals surface area contributed by atoms with Gasteiger partial charge in [-0.15, -0.1) is 0 Å². The van der Waals surface area contributed by atoms with Crippen LogP contribution in [0, 0.1) is 0 Å². The van der Waals surface area contributed by atoms with E-state index in [2.05, 4.69) is 0 Å². The van der Waals surface area contributed by atoms with Crippen LogP contribution in [-0.4, -0.2) is 23.1 Å². The molecule has 3 nitrogen and oxygen atoms in total. The minimum atomic E-state index is -12.6. The number of hydrogen-bond acceptors (Lipinski definition) is 3. The van der Waals surface area contributed by atoms with Crippen molar-refractivity contribution in [3.63, 3.8) is 0 Å². The summed E-state index contributed by atoms with van der Waals surface area (Å²) in [6.07, 6.45) is 0. The topological polar surface area (TPSA) is 35.5 Å². The Bertz CT molecular complexity index is 239. The van der Waals surface area contributed by atoms with Crippen LogP contribution in [0.2, 0.25) is 0 Å². The second kappa shape index (κ2) is 1.89. The number of rotatable bonds is 2. The number of hydrogen-bond donors (Lipinski definition) is 0. The van der Waals surface area contributed by atoms with Crippen molar-refractivity contribution in [3.8, 4) is 0 Å². The van der Waals surface area contributed by atoms with E-state index in [9.17, 15) is 19.6 Å². The molecule has 11 heavy (non-hydrogen) atoms. The Morgan fingerprint density at radius 2 is 1.09 bits per heavy atom. The van der Waals surface area contributed by atoms with E-state index in [0.717, 1.165) is 0 Å². The van der Waals surface area contributed by atoms with Gasteiger partial charge in [0.05, 0.1) is 0 Å². The number of halogens is 6. The first-order chi connectivity index (χ1) is 3.84. The fourth-order valence-corrected chi connectivity index (χ4v) is 0.0704. The Kier molecular flexibility index (Phi) is 2.49. The van der Waals surface area contributed by atoms with Gasteiger partial charge in [-0.2, -0.15) is 0 Å². The zero-order valence-electron chi connectivity index (χ0n) is 3.99. The molecule has 0 saturated heterocycles. The van der Waals surface area contributed by atoms with E-state index in [-0.39, 0.29) is 23.1 Å². The van der Waals surface area contributed by atoms with E-state index >= 15 is 0 Å². The quantitative estimate of drug-likeness (QED) is 0.565. The van der Waals surface area contributed by atoms with Crippen molar-refractivity contribution in [2.75, 3.05) is 0 Å². The van der Waals surface area contributed by atoms with E-state index in [4.69, 9.17) is 2.81 Å². The monoisotopic (exact) mass is 278 g/mol. The summed E-state index contributed by atoms with van der Waals surface area (Å²) in [5.41, 5.74) is 0. The third-order valence-electron chi connectivity index (χ3n) is 0.359. The molecule has 0 radical (unpaired) electrons. The second-order valence-corrected chi connectivity index (χ2v) is 10.4. The maximum absolute atomic E-state index is 12.6. The molecular formula is H2F6MgO3Zr. The Hall–Kier alpha value is 0.949. The van der Waals surface area contributed by atoms with E-state index in [1.165, 1.54) is 0 Å². The van der Waals surface area contributed by atoms with Gasteiger partial charge in [-0.25, -0.2) is 0 Å². The van der Waals surface area contributed by atoms with Crippen molar-refractivity contribution < 1.29 is 47.5 Å². The Morgan fingerprint density at radius 3 is 1.09 bits per heavy atom. The Balaban J connectivity index is 0. The van der Waals surface area contributed by atoms with Gasteiger partial charge in [0.2, 0.25) is 0 Å². The van der Waals surface area contributed by atoms with Crippen LogP contribution in [0.5, 0.6) is 0 Å². The average Bonchev–Trinajstić information content (AvgIpc) is 1.66. The van der Waals surface area contributed by atoms with E-state index < -0.39 is 19.1 Å². The Labute approximate surface area is 70.4 Å². The van der Waals surface area contributed by atoms with Crippen LogP contribution < -0.4 is 0 Å². The van der Waals surface area contributed by atoms with Crippen LogP contribution in [0.25, 0.3) is 0 Å². The van der Waals surface area contributed by atoms with Crippen molar-refractivity contribution in [2.24, 2.45) is 0 Å². The summed E-state index contributed by atoms with van der Waals surface area (Å²) >= 11 is -12.6. The third kappa shape index (κ3) is 5.23. The minimum absolute atomic E-state index is 0. The average molecular weight is 280 g/mol. The van der Waals surface area contributed by atoms with Crippen molar-refractivity contribution in [1.82, 2.24) is 0 Å². The SMILES string of the molecule is [MgH2].[O]=[Zr]([F])([F])([F])([F])([O]F)[O]F. The third-order valence-corrected chi connectivity index (χ3v) is 2.13. The summed E-state index contributed by atoms with van der Waals surface area (Å²) in [5, 5.41) is 0. The molecule has 0 unspecified atom stereocenters. The molecule has 0 aromatic rings. The van der Waals surface area contributed by atoms with Crippen molar-refractivity contribution >= 4 is 23.1 Å². The van der Waals surface area contributed by atoms with E-state index in [1.54, 1.807) is 0 Å². The molecule has 0 rings (SSSR count). The summed E-state index contributed by atoms with van der Waals surface area (Å²) < 4.78 is 74.8. The molecule has 11 heteroatoms. The maximum atomic E-state index is 11.1. The Morgan fingerprint density at radius 1 is 0.909 bits per heavy atom. The molecule has 0 fully saturated rings. The molecule has 0 aliphatic carbocycles. The van der Waals surface area contributed by atoms with E-state index in [0.29, 0.717) is 6.04 Å². The van der Waals surface area contributed by atoms with Gasteiger partial charge in [-0.3, -0.25) is 0 Å². The summed E-state index contributed by atoms with van der Waals surface area (Å²) in [6.45, 7) is 0. The first-order valence-corrected chi connectivity index (χ1v) is 8.40. The molecule has 0 aromatic heterocycles. The molecule has 0 saturated carbocycles. The van der Waals surface area contributed by atoms with Crippen LogP contribution in [0.1, 0.15) is 0 Å². The fraction of sp³-hybridized carbons (Fsp3) is 0.